The van der Waals surface area contributed by atoms with Crippen LogP contribution in [0.3, 0.4) is 0 Å². The smallest absolute Gasteiger partial charge is 0.543 e. The number of aliphatic carboxylic acids is 1. The number of hydrogen-bond donors (Lipinski definition) is 4. The van der Waals surface area contributed by atoms with Crippen molar-refractivity contribution in [3.63, 3.8) is 0 Å². The molecule has 0 aromatic carbocycles. The summed E-state index contributed by atoms with van der Waals surface area (Å²) in [4.78, 5) is 59.9. The van der Waals surface area contributed by atoms with E-state index in [1.165, 1.54) is 16.4 Å². The molecular formula is C21H20N11NaO8S3. The second kappa shape index (κ2) is 13.9. The number of thioether (sulfide) groups is 2. The molecule has 0 bridgehead atoms. The first-order valence-electron chi connectivity index (χ1n) is 12.1. The Kier molecular flexibility index (Phi) is 10.5. The SMILES string of the molecule is CCO/N=C(\C(=O)N[C@@H]1C(=O)N2C(C(=O)[O-])=C(CSc3nnnn3Cc3cc(=O)c(O)cn3O)CS[C@@H]12)c1nsc(N)n1.[Na+]. The summed E-state index contributed by atoms with van der Waals surface area (Å²) in [7, 11) is 0. The van der Waals surface area contributed by atoms with E-state index in [1.807, 2.05) is 0 Å². The predicted octanol–water partition coefficient (Wildman–Crippen LogP) is -5.80. The van der Waals surface area contributed by atoms with Crippen molar-refractivity contribution < 1.29 is 64.2 Å². The molecule has 5 heterocycles. The third-order valence-electron chi connectivity index (χ3n) is 5.96. The van der Waals surface area contributed by atoms with Crippen LogP contribution in [0.1, 0.15) is 18.4 Å². The molecule has 3 aromatic rings. The molecule has 44 heavy (non-hydrogen) atoms. The molecule has 0 unspecified atom stereocenters. The molecule has 2 amide bonds. The van der Waals surface area contributed by atoms with Crippen molar-refractivity contribution in [2.75, 3.05) is 23.8 Å². The molecule has 0 aliphatic carbocycles. The van der Waals surface area contributed by atoms with E-state index in [0.29, 0.717) is 10.3 Å². The van der Waals surface area contributed by atoms with Crippen LogP contribution < -0.4 is 51.1 Å². The summed E-state index contributed by atoms with van der Waals surface area (Å²) in [5.74, 6) is -3.56. The van der Waals surface area contributed by atoms with Gasteiger partial charge in [0.2, 0.25) is 22.1 Å². The van der Waals surface area contributed by atoms with Crippen LogP contribution in [0, 0.1) is 0 Å². The van der Waals surface area contributed by atoms with E-state index in [9.17, 15) is 34.6 Å². The van der Waals surface area contributed by atoms with Gasteiger partial charge < -0.3 is 36.1 Å². The fraction of sp³-hybridized carbons (Fsp3) is 0.333. The van der Waals surface area contributed by atoms with E-state index in [-0.39, 0.29) is 87.4 Å². The Labute approximate surface area is 280 Å². The monoisotopic (exact) mass is 673 g/mol. The number of oxime groups is 1. The van der Waals surface area contributed by atoms with Crippen molar-refractivity contribution in [2.45, 2.75) is 30.0 Å². The van der Waals surface area contributed by atoms with Gasteiger partial charge in [0.1, 0.15) is 18.0 Å². The number of carbonyl (C=O) groups excluding carboxylic acids is 3. The second-order valence-electron chi connectivity index (χ2n) is 8.68. The number of rotatable bonds is 11. The summed E-state index contributed by atoms with van der Waals surface area (Å²) in [5.41, 5.74) is 4.70. The molecule has 0 saturated carbocycles. The molecule has 3 aromatic heterocycles. The maximum absolute atomic E-state index is 13.1. The first kappa shape index (κ1) is 33.2. The van der Waals surface area contributed by atoms with E-state index in [2.05, 4.69) is 35.4 Å². The number of nitrogens with two attached hydrogens (primary N) is 1. The number of tetrazole rings is 1. The fourth-order valence-electron chi connectivity index (χ4n) is 4.01. The van der Waals surface area contributed by atoms with Crippen molar-refractivity contribution in [1.29, 1.82) is 0 Å². The average Bonchev–Trinajstić information content (AvgIpc) is 3.61. The zero-order valence-electron chi connectivity index (χ0n) is 22.8. The summed E-state index contributed by atoms with van der Waals surface area (Å²) in [6, 6.07) is -0.0585. The van der Waals surface area contributed by atoms with E-state index in [4.69, 9.17) is 10.6 Å². The molecule has 2 atom stereocenters. The van der Waals surface area contributed by atoms with Crippen LogP contribution in [-0.4, -0.2) is 103 Å². The fourth-order valence-corrected chi connectivity index (χ4v) is 6.81. The molecule has 23 heteroatoms. The van der Waals surface area contributed by atoms with E-state index < -0.39 is 40.4 Å². The van der Waals surface area contributed by atoms with Crippen molar-refractivity contribution in [1.82, 2.24) is 44.5 Å². The van der Waals surface area contributed by atoms with Crippen LogP contribution >= 0.6 is 35.1 Å². The van der Waals surface area contributed by atoms with Gasteiger partial charge in [-0.25, -0.2) is 4.68 Å². The standard InChI is InChI=1S/C21H21N11O8S3.Na/c1-2-40-26-12(15-24-20(22)43-27-15)16(35)23-13-17(36)32-14(19(37)38)8(6-41-18(13)32)7-42-21-25-28-29-30(21)4-9-3-10(33)11(34)5-31(9)39;/h3,5,13,18,34,39H,2,4,6-7H2,1H3,(H,23,35)(H,37,38)(H2,22,24,27);/q;+1/p-1/b26-12-;/t13-,18+;/m1./s1. The van der Waals surface area contributed by atoms with Gasteiger partial charge in [-0.2, -0.15) is 14.1 Å². The van der Waals surface area contributed by atoms with Gasteiger partial charge >= 0.3 is 29.6 Å². The zero-order valence-corrected chi connectivity index (χ0v) is 27.3. The number of aromatic nitrogens is 7. The van der Waals surface area contributed by atoms with Crippen LogP contribution in [0.2, 0.25) is 0 Å². The molecule has 226 valence electrons. The molecule has 1 saturated heterocycles. The number of nitrogen functional groups attached to an aromatic ring is 1. The Hall–Kier alpha value is -3.70. The molecule has 0 spiro atoms. The summed E-state index contributed by atoms with van der Waals surface area (Å²) in [6.45, 7) is 1.66. The first-order chi connectivity index (χ1) is 20.6. The number of fused-ring (bicyclic) bond motifs is 1. The molecule has 19 nitrogen and oxygen atoms in total. The number of hydrogen-bond acceptors (Lipinski definition) is 18. The van der Waals surface area contributed by atoms with Crippen LogP contribution in [0.4, 0.5) is 5.13 Å². The predicted molar refractivity (Wildman–Crippen MR) is 147 cm³/mol. The number of β-lactam (4-membered cyclic amide) rings is 1. The molecule has 5 rings (SSSR count). The van der Waals surface area contributed by atoms with E-state index in [1.54, 1.807) is 6.92 Å². The minimum Gasteiger partial charge on any atom is -0.543 e. The number of nitrogens with zero attached hydrogens (tertiary/aromatic N) is 9. The molecule has 5 N–H and O–H groups in total. The van der Waals surface area contributed by atoms with Crippen LogP contribution in [-0.2, 0) is 25.8 Å². The zero-order chi connectivity index (χ0) is 30.8. The first-order valence-corrected chi connectivity index (χ1v) is 14.9. The molecule has 2 aliphatic rings. The quantitative estimate of drug-likeness (QED) is 0.0369. The van der Waals surface area contributed by atoms with Crippen molar-refractivity contribution >= 4 is 63.7 Å². The summed E-state index contributed by atoms with van der Waals surface area (Å²) >= 11 is 3.12. The Morgan fingerprint density at radius 2 is 2.14 bits per heavy atom. The molecule has 0 radical (unpaired) electrons. The van der Waals surface area contributed by atoms with Gasteiger partial charge in [-0.05, 0) is 22.9 Å². The van der Waals surface area contributed by atoms with Gasteiger partial charge in [0.25, 0.3) is 11.8 Å². The van der Waals surface area contributed by atoms with E-state index >= 15 is 0 Å². The van der Waals surface area contributed by atoms with Crippen LogP contribution in [0.5, 0.6) is 5.75 Å². The Morgan fingerprint density at radius 1 is 1.36 bits per heavy atom. The Morgan fingerprint density at radius 3 is 2.82 bits per heavy atom. The van der Waals surface area contributed by atoms with Gasteiger partial charge in [0.05, 0.1) is 30.1 Å². The maximum atomic E-state index is 13.1. The number of carboxylic acid groups (broad SMARTS) is 1. The van der Waals surface area contributed by atoms with Gasteiger partial charge in [-0.1, -0.05) is 16.9 Å². The van der Waals surface area contributed by atoms with Crippen molar-refractivity contribution in [3.8, 4) is 5.75 Å². The number of amides is 2. The van der Waals surface area contributed by atoms with Crippen LogP contribution in [0.15, 0.2) is 38.6 Å². The van der Waals surface area contributed by atoms with Gasteiger partial charge in [0, 0.05) is 29.1 Å². The number of carboxylic acids is 1. The second-order valence-corrected chi connectivity index (χ2v) is 11.5. The summed E-state index contributed by atoms with van der Waals surface area (Å²) < 4.78 is 5.77. The van der Waals surface area contributed by atoms with Crippen LogP contribution in [0.25, 0.3) is 0 Å². The number of anilines is 1. The maximum Gasteiger partial charge on any atom is 1.00 e. The Balaban J connectivity index is 0.00000442. The van der Waals surface area contributed by atoms with E-state index in [0.717, 1.165) is 40.5 Å². The third kappa shape index (κ3) is 6.68. The minimum absolute atomic E-state index is 0. The number of pyridine rings is 1. The molecule has 1 fully saturated rings. The molecule has 2 aliphatic heterocycles. The van der Waals surface area contributed by atoms with Gasteiger partial charge in [0.15, 0.2) is 10.9 Å². The van der Waals surface area contributed by atoms with Gasteiger partial charge in [-0.3, -0.25) is 19.3 Å². The van der Waals surface area contributed by atoms with Crippen molar-refractivity contribution in [3.05, 3.63) is 45.3 Å². The topological polar surface area (TPSA) is 269 Å². The summed E-state index contributed by atoms with van der Waals surface area (Å²) in [5, 5.41) is 48.8. The van der Waals surface area contributed by atoms with Gasteiger partial charge in [-0.15, -0.1) is 16.9 Å². The minimum atomic E-state index is -1.58. The Bertz CT molecular complexity index is 1720. The number of nitrogens with one attached hydrogen (secondary N) is 1. The normalized spacial score (nSPS) is 17.9. The third-order valence-corrected chi connectivity index (χ3v) is 8.88. The summed E-state index contributed by atoms with van der Waals surface area (Å²) in [6.07, 6.45) is 0.833. The largest absolute Gasteiger partial charge is 1.00 e. The molecular weight excluding hydrogens is 653 g/mol. The van der Waals surface area contributed by atoms with Crippen molar-refractivity contribution in [2.24, 2.45) is 5.16 Å². The average molecular weight is 674 g/mol. The number of aromatic hydroxyl groups is 1. The number of carbonyl (C=O) groups is 3.